The summed E-state index contributed by atoms with van der Waals surface area (Å²) >= 11 is 0. The van der Waals surface area contributed by atoms with E-state index in [0.717, 1.165) is 11.1 Å². The molecule has 0 saturated heterocycles. The third kappa shape index (κ3) is 3.50. The Labute approximate surface area is 147 Å². The standard InChI is InChI=1S/C22H19NO2/c1-14-3-6-16(7-4-14)21(24)17-9-11-18(12-10-17)22(25)19-8-5-15(2)20(23)13-19/h3-13H,23H2,1-2H3. The maximum absolute atomic E-state index is 12.6. The second kappa shape index (κ2) is 6.73. The molecule has 0 unspecified atom stereocenters. The highest BCUT2D eigenvalue weighted by molar-refractivity contribution is 6.12. The summed E-state index contributed by atoms with van der Waals surface area (Å²) in [4.78, 5) is 25.0. The number of benzene rings is 3. The van der Waals surface area contributed by atoms with E-state index in [1.54, 1.807) is 36.4 Å². The van der Waals surface area contributed by atoms with E-state index in [4.69, 9.17) is 5.73 Å². The van der Waals surface area contributed by atoms with Crippen LogP contribution >= 0.6 is 0 Å². The lowest BCUT2D eigenvalue weighted by atomic mass is 9.97. The Morgan fingerprint density at radius 1 is 0.640 bits per heavy atom. The van der Waals surface area contributed by atoms with Crippen LogP contribution < -0.4 is 5.73 Å². The molecule has 0 aliphatic rings. The smallest absolute Gasteiger partial charge is 0.193 e. The first-order chi connectivity index (χ1) is 12.0. The van der Waals surface area contributed by atoms with Gasteiger partial charge in [-0.05, 0) is 25.5 Å². The van der Waals surface area contributed by atoms with E-state index in [9.17, 15) is 9.59 Å². The molecular weight excluding hydrogens is 310 g/mol. The molecule has 0 saturated carbocycles. The van der Waals surface area contributed by atoms with E-state index in [-0.39, 0.29) is 11.6 Å². The predicted octanol–water partition coefficient (Wildman–Crippen LogP) is 4.35. The second-order valence-electron chi connectivity index (χ2n) is 6.17. The number of hydrogen-bond donors (Lipinski definition) is 1. The average molecular weight is 329 g/mol. The quantitative estimate of drug-likeness (QED) is 0.572. The molecular formula is C22H19NO2. The van der Waals surface area contributed by atoms with Crippen LogP contribution in [0.15, 0.2) is 66.7 Å². The Hall–Kier alpha value is -3.20. The van der Waals surface area contributed by atoms with Crippen molar-refractivity contribution in [2.45, 2.75) is 13.8 Å². The van der Waals surface area contributed by atoms with Gasteiger partial charge in [-0.15, -0.1) is 0 Å². The van der Waals surface area contributed by atoms with Gasteiger partial charge in [0.1, 0.15) is 0 Å². The predicted molar refractivity (Wildman–Crippen MR) is 100 cm³/mol. The topological polar surface area (TPSA) is 60.2 Å². The van der Waals surface area contributed by atoms with Gasteiger partial charge in [-0.3, -0.25) is 9.59 Å². The van der Waals surface area contributed by atoms with Crippen molar-refractivity contribution in [2.75, 3.05) is 5.73 Å². The van der Waals surface area contributed by atoms with Crippen LogP contribution in [0.2, 0.25) is 0 Å². The maximum Gasteiger partial charge on any atom is 0.193 e. The van der Waals surface area contributed by atoms with Crippen LogP contribution in [0.25, 0.3) is 0 Å². The highest BCUT2D eigenvalue weighted by Crippen LogP contribution is 2.18. The van der Waals surface area contributed by atoms with Crippen molar-refractivity contribution >= 4 is 17.3 Å². The Kier molecular flexibility index (Phi) is 4.48. The molecule has 3 rings (SSSR count). The Morgan fingerprint density at radius 3 is 1.52 bits per heavy atom. The molecule has 25 heavy (non-hydrogen) atoms. The first-order valence-electron chi connectivity index (χ1n) is 8.08. The van der Waals surface area contributed by atoms with E-state index in [2.05, 4.69) is 0 Å². The molecule has 0 fully saturated rings. The molecule has 3 aromatic rings. The monoisotopic (exact) mass is 329 g/mol. The molecule has 124 valence electrons. The normalized spacial score (nSPS) is 10.5. The molecule has 3 aromatic carbocycles. The Balaban J connectivity index is 1.84. The molecule has 3 heteroatoms. The zero-order valence-corrected chi connectivity index (χ0v) is 14.2. The molecule has 0 aliphatic heterocycles. The van der Waals surface area contributed by atoms with Crippen molar-refractivity contribution < 1.29 is 9.59 Å². The first-order valence-corrected chi connectivity index (χ1v) is 8.08. The van der Waals surface area contributed by atoms with Crippen molar-refractivity contribution in [1.29, 1.82) is 0 Å². The third-order valence-corrected chi connectivity index (χ3v) is 4.26. The number of nitrogens with two attached hydrogens (primary N) is 1. The fourth-order valence-electron chi connectivity index (χ4n) is 2.59. The van der Waals surface area contributed by atoms with Gasteiger partial charge >= 0.3 is 0 Å². The van der Waals surface area contributed by atoms with Gasteiger partial charge in [-0.1, -0.05) is 66.2 Å². The number of rotatable bonds is 4. The first kappa shape index (κ1) is 16.7. The van der Waals surface area contributed by atoms with Gasteiger partial charge in [-0.25, -0.2) is 0 Å². The maximum atomic E-state index is 12.6. The summed E-state index contributed by atoms with van der Waals surface area (Å²) < 4.78 is 0. The summed E-state index contributed by atoms with van der Waals surface area (Å²) in [5.41, 5.74) is 10.8. The van der Waals surface area contributed by atoms with Crippen LogP contribution in [0.5, 0.6) is 0 Å². The second-order valence-corrected chi connectivity index (χ2v) is 6.17. The van der Waals surface area contributed by atoms with Gasteiger partial charge in [-0.2, -0.15) is 0 Å². The number of nitrogen functional groups attached to an aromatic ring is 1. The van der Waals surface area contributed by atoms with Crippen LogP contribution in [0.4, 0.5) is 5.69 Å². The van der Waals surface area contributed by atoms with Crippen molar-refractivity contribution in [3.05, 3.63) is 100 Å². The van der Waals surface area contributed by atoms with Gasteiger partial charge in [0.15, 0.2) is 11.6 Å². The van der Waals surface area contributed by atoms with Crippen LogP contribution in [0, 0.1) is 13.8 Å². The van der Waals surface area contributed by atoms with Crippen LogP contribution in [0.1, 0.15) is 43.0 Å². The fourth-order valence-corrected chi connectivity index (χ4v) is 2.59. The third-order valence-electron chi connectivity index (χ3n) is 4.26. The van der Waals surface area contributed by atoms with Crippen molar-refractivity contribution in [3.63, 3.8) is 0 Å². The SMILES string of the molecule is Cc1ccc(C(=O)c2ccc(C(=O)c3ccc(C)c(N)c3)cc2)cc1. The minimum absolute atomic E-state index is 0.0569. The highest BCUT2D eigenvalue weighted by Gasteiger charge is 2.13. The van der Waals surface area contributed by atoms with Crippen molar-refractivity contribution in [2.24, 2.45) is 0 Å². The van der Waals surface area contributed by atoms with Gasteiger partial charge in [0.05, 0.1) is 0 Å². The molecule has 0 aliphatic carbocycles. The average Bonchev–Trinajstić information content (AvgIpc) is 2.63. The number of hydrogen-bond acceptors (Lipinski definition) is 3. The minimum atomic E-state index is -0.110. The van der Waals surface area contributed by atoms with Crippen LogP contribution in [-0.2, 0) is 0 Å². The molecule has 2 N–H and O–H groups in total. The largest absolute Gasteiger partial charge is 0.398 e. The summed E-state index contributed by atoms with van der Waals surface area (Å²) in [6.45, 7) is 3.88. The van der Waals surface area contributed by atoms with E-state index in [1.165, 1.54) is 0 Å². The number of carbonyl (C=O) groups is 2. The molecule has 0 heterocycles. The van der Waals surface area contributed by atoms with E-state index in [1.807, 2.05) is 44.2 Å². The Morgan fingerprint density at radius 2 is 1.04 bits per heavy atom. The summed E-state index contributed by atoms with van der Waals surface area (Å²) in [7, 11) is 0. The molecule has 0 radical (unpaired) electrons. The van der Waals surface area contributed by atoms with E-state index < -0.39 is 0 Å². The number of anilines is 1. The number of aryl methyl sites for hydroxylation is 2. The van der Waals surface area contributed by atoms with Gasteiger partial charge < -0.3 is 5.73 Å². The molecule has 0 spiro atoms. The highest BCUT2D eigenvalue weighted by atomic mass is 16.1. The molecule has 0 amide bonds. The summed E-state index contributed by atoms with van der Waals surface area (Å²) in [5, 5.41) is 0. The van der Waals surface area contributed by atoms with Gasteiger partial charge in [0.25, 0.3) is 0 Å². The van der Waals surface area contributed by atoms with Crippen molar-refractivity contribution in [3.8, 4) is 0 Å². The minimum Gasteiger partial charge on any atom is -0.398 e. The lowest BCUT2D eigenvalue weighted by Crippen LogP contribution is -2.05. The van der Waals surface area contributed by atoms with Crippen LogP contribution in [0.3, 0.4) is 0 Å². The number of carbonyl (C=O) groups excluding carboxylic acids is 2. The zero-order valence-electron chi connectivity index (χ0n) is 14.2. The molecule has 0 bridgehead atoms. The Bertz CT molecular complexity index is 939. The van der Waals surface area contributed by atoms with Gasteiger partial charge in [0.2, 0.25) is 0 Å². The van der Waals surface area contributed by atoms with Crippen molar-refractivity contribution in [1.82, 2.24) is 0 Å². The molecule has 0 aromatic heterocycles. The molecule has 3 nitrogen and oxygen atoms in total. The van der Waals surface area contributed by atoms with E-state index in [0.29, 0.717) is 27.9 Å². The summed E-state index contributed by atoms with van der Waals surface area (Å²) in [5.74, 6) is -0.167. The zero-order chi connectivity index (χ0) is 18.0. The lowest BCUT2D eigenvalue weighted by molar-refractivity contribution is 0.102. The molecule has 0 atom stereocenters. The fraction of sp³-hybridized carbons (Fsp3) is 0.0909. The summed E-state index contributed by atoms with van der Waals surface area (Å²) in [6.07, 6.45) is 0. The lowest BCUT2D eigenvalue weighted by Gasteiger charge is -2.06. The van der Waals surface area contributed by atoms with E-state index >= 15 is 0 Å². The number of ketones is 2. The summed E-state index contributed by atoms with van der Waals surface area (Å²) in [6, 6.07) is 19.5. The van der Waals surface area contributed by atoms with Gasteiger partial charge in [0, 0.05) is 27.9 Å². The van der Waals surface area contributed by atoms with Crippen LogP contribution in [-0.4, -0.2) is 11.6 Å².